The molecule has 2 amide bonds. The van der Waals surface area contributed by atoms with Crippen molar-refractivity contribution in [3.63, 3.8) is 0 Å². The minimum Gasteiger partial charge on any atom is -0.330 e. The van der Waals surface area contributed by atoms with Gasteiger partial charge in [-0.3, -0.25) is 4.99 Å². The first-order chi connectivity index (χ1) is 9.56. The van der Waals surface area contributed by atoms with Crippen molar-refractivity contribution in [2.75, 3.05) is 5.32 Å². The molecule has 1 aromatic rings. The number of amides is 2. The molecule has 1 heterocycles. The highest BCUT2D eigenvalue weighted by atomic mass is 79.9. The summed E-state index contributed by atoms with van der Waals surface area (Å²) in [6.07, 6.45) is 4.60. The number of rotatable bonds is 4. The highest BCUT2D eigenvalue weighted by Crippen LogP contribution is 2.15. The van der Waals surface area contributed by atoms with Crippen LogP contribution in [0.3, 0.4) is 0 Å². The maximum atomic E-state index is 12.1. The minimum absolute atomic E-state index is 0.0413. The Morgan fingerprint density at radius 3 is 2.55 bits per heavy atom. The van der Waals surface area contributed by atoms with Gasteiger partial charge in [0.25, 0.3) is 0 Å². The number of aliphatic imine (C=N–C) groups is 1. The topological polar surface area (TPSA) is 53.5 Å². The maximum absolute atomic E-state index is 12.1. The van der Waals surface area contributed by atoms with Gasteiger partial charge in [-0.2, -0.15) is 0 Å². The summed E-state index contributed by atoms with van der Waals surface area (Å²) in [5.74, 6) is 0.296. The van der Waals surface area contributed by atoms with Gasteiger partial charge in [0.2, 0.25) is 0 Å². The first-order valence-electron chi connectivity index (χ1n) is 6.61. The largest absolute Gasteiger partial charge is 0.330 e. The summed E-state index contributed by atoms with van der Waals surface area (Å²) in [7, 11) is 0. The van der Waals surface area contributed by atoms with Crippen LogP contribution < -0.4 is 10.6 Å². The number of allylic oxidation sites excluding steroid dienone is 1. The number of halogens is 1. The molecule has 0 aliphatic carbocycles. The number of urea groups is 1. The molecule has 0 saturated heterocycles. The van der Waals surface area contributed by atoms with E-state index in [9.17, 15) is 4.79 Å². The molecule has 2 rings (SSSR count). The van der Waals surface area contributed by atoms with Crippen LogP contribution in [0.5, 0.6) is 0 Å². The van der Waals surface area contributed by atoms with Gasteiger partial charge in [0.15, 0.2) is 0 Å². The van der Waals surface area contributed by atoms with E-state index in [0.717, 1.165) is 22.3 Å². The van der Waals surface area contributed by atoms with Crippen LogP contribution in [-0.4, -0.2) is 17.8 Å². The molecule has 0 saturated carbocycles. The third-order valence-electron chi connectivity index (χ3n) is 3.09. The third kappa shape index (κ3) is 3.93. The molecule has 4 nitrogen and oxygen atoms in total. The van der Waals surface area contributed by atoms with E-state index < -0.39 is 0 Å². The van der Waals surface area contributed by atoms with Crippen molar-refractivity contribution in [2.45, 2.75) is 26.3 Å². The van der Waals surface area contributed by atoms with Crippen molar-refractivity contribution in [1.82, 2.24) is 5.32 Å². The number of anilines is 1. The normalized spacial score (nSPS) is 15.1. The molecule has 0 spiro atoms. The number of nitrogens with one attached hydrogen (secondary N) is 2. The van der Waals surface area contributed by atoms with Crippen LogP contribution in [-0.2, 0) is 0 Å². The number of benzene rings is 1. The fourth-order valence-corrected chi connectivity index (χ4v) is 2.32. The highest BCUT2D eigenvalue weighted by Gasteiger charge is 2.22. The molecule has 2 N–H and O–H groups in total. The van der Waals surface area contributed by atoms with Crippen molar-refractivity contribution in [3.05, 3.63) is 41.0 Å². The molecule has 0 radical (unpaired) electrons. The van der Waals surface area contributed by atoms with Crippen LogP contribution in [0.15, 0.2) is 46.0 Å². The van der Waals surface area contributed by atoms with Crippen LogP contribution in [0, 0.1) is 5.92 Å². The van der Waals surface area contributed by atoms with E-state index in [2.05, 4.69) is 45.4 Å². The Hall–Kier alpha value is -1.62. The lowest BCUT2D eigenvalue weighted by Crippen LogP contribution is -2.45. The van der Waals surface area contributed by atoms with Crippen molar-refractivity contribution in [1.29, 1.82) is 0 Å². The number of carbonyl (C=O) groups excluding carboxylic acids is 1. The molecule has 106 valence electrons. The third-order valence-corrected chi connectivity index (χ3v) is 3.62. The maximum Gasteiger partial charge on any atom is 0.319 e. The average Bonchev–Trinajstić information content (AvgIpc) is 2.92. The van der Waals surface area contributed by atoms with Crippen molar-refractivity contribution < 1.29 is 4.79 Å². The predicted octanol–water partition coefficient (Wildman–Crippen LogP) is 3.95. The van der Waals surface area contributed by atoms with Gasteiger partial charge in [0, 0.05) is 28.5 Å². The molecule has 20 heavy (non-hydrogen) atoms. The van der Waals surface area contributed by atoms with Crippen LogP contribution in [0.4, 0.5) is 10.5 Å². The van der Waals surface area contributed by atoms with Crippen LogP contribution in [0.2, 0.25) is 0 Å². The molecule has 1 aromatic carbocycles. The summed E-state index contributed by atoms with van der Waals surface area (Å²) >= 11 is 3.36. The lowest BCUT2D eigenvalue weighted by atomic mass is 9.98. The lowest BCUT2D eigenvalue weighted by Gasteiger charge is -2.22. The van der Waals surface area contributed by atoms with E-state index in [0.29, 0.717) is 5.92 Å². The molecule has 0 fully saturated rings. The zero-order valence-electron chi connectivity index (χ0n) is 11.6. The Morgan fingerprint density at radius 2 is 2.00 bits per heavy atom. The van der Waals surface area contributed by atoms with E-state index in [1.54, 1.807) is 6.20 Å². The van der Waals surface area contributed by atoms with E-state index >= 15 is 0 Å². The monoisotopic (exact) mass is 335 g/mol. The first kappa shape index (κ1) is 14.8. The minimum atomic E-state index is -0.208. The van der Waals surface area contributed by atoms with Gasteiger partial charge in [0.1, 0.15) is 0 Å². The Labute approximate surface area is 127 Å². The number of hydrogen-bond acceptors (Lipinski definition) is 2. The summed E-state index contributed by atoms with van der Waals surface area (Å²) in [5, 5.41) is 5.82. The van der Waals surface area contributed by atoms with Gasteiger partial charge < -0.3 is 10.6 Å². The fourth-order valence-electron chi connectivity index (χ4n) is 2.06. The highest BCUT2D eigenvalue weighted by molar-refractivity contribution is 9.10. The Kier molecular flexibility index (Phi) is 4.95. The van der Waals surface area contributed by atoms with E-state index in [-0.39, 0.29) is 12.1 Å². The molecule has 1 aliphatic rings. The van der Waals surface area contributed by atoms with Crippen molar-refractivity contribution >= 4 is 33.4 Å². The van der Waals surface area contributed by atoms with Gasteiger partial charge in [-0.25, -0.2) is 4.79 Å². The first-order valence-corrected chi connectivity index (χ1v) is 7.40. The zero-order chi connectivity index (χ0) is 14.5. The fraction of sp³-hybridized carbons (Fsp3) is 0.333. The van der Waals surface area contributed by atoms with Crippen molar-refractivity contribution in [3.8, 4) is 0 Å². The van der Waals surface area contributed by atoms with Gasteiger partial charge in [-0.15, -0.1) is 0 Å². The molecule has 5 heteroatoms. The smallest absolute Gasteiger partial charge is 0.319 e. The predicted molar refractivity (Wildman–Crippen MR) is 86.1 cm³/mol. The van der Waals surface area contributed by atoms with Crippen LogP contribution >= 0.6 is 15.9 Å². The van der Waals surface area contributed by atoms with Gasteiger partial charge in [-0.1, -0.05) is 35.9 Å². The molecular weight excluding hydrogens is 318 g/mol. The molecule has 0 bridgehead atoms. The van der Waals surface area contributed by atoms with E-state index in [1.165, 1.54) is 0 Å². The van der Waals surface area contributed by atoms with Gasteiger partial charge in [0.05, 0.1) is 6.04 Å². The number of nitrogens with zero attached hydrogens (tertiary/aromatic N) is 1. The van der Waals surface area contributed by atoms with Gasteiger partial charge >= 0.3 is 6.03 Å². The Bertz CT molecular complexity index is 535. The van der Waals surface area contributed by atoms with Crippen molar-refractivity contribution in [2.24, 2.45) is 10.9 Å². The van der Waals surface area contributed by atoms with Crippen LogP contribution in [0.25, 0.3) is 0 Å². The Morgan fingerprint density at radius 1 is 1.30 bits per heavy atom. The molecule has 0 unspecified atom stereocenters. The molecule has 1 aliphatic heterocycles. The molecular formula is C15H18BrN3O. The second kappa shape index (κ2) is 6.70. The van der Waals surface area contributed by atoms with Gasteiger partial charge in [-0.05, 0) is 30.2 Å². The van der Waals surface area contributed by atoms with E-state index in [1.807, 2.05) is 30.3 Å². The lowest BCUT2D eigenvalue weighted by molar-refractivity contribution is 0.248. The second-order valence-corrected chi connectivity index (χ2v) is 5.95. The summed E-state index contributed by atoms with van der Waals surface area (Å²) in [4.78, 5) is 16.4. The molecule has 0 aromatic heterocycles. The number of carbonyl (C=O) groups is 1. The SMILES string of the molecule is CC(C)[C@H](NC(=O)Nc1ccc(Br)cc1)C1=NC=CC1. The summed E-state index contributed by atoms with van der Waals surface area (Å²) in [6.45, 7) is 4.15. The molecule has 1 atom stereocenters. The van der Waals surface area contributed by atoms with E-state index in [4.69, 9.17) is 0 Å². The Balaban J connectivity index is 1.96. The summed E-state index contributed by atoms with van der Waals surface area (Å²) < 4.78 is 0.981. The summed E-state index contributed by atoms with van der Waals surface area (Å²) in [6, 6.07) is 7.23. The second-order valence-electron chi connectivity index (χ2n) is 5.04. The zero-order valence-corrected chi connectivity index (χ0v) is 13.1. The standard InChI is InChI=1S/C15H18BrN3O/c1-10(2)14(13-4-3-9-17-13)19-15(20)18-12-7-5-11(16)6-8-12/h3,5-10,14H,4H2,1-2H3,(H2,18,19,20)/t14-/m0/s1. The van der Waals surface area contributed by atoms with Crippen LogP contribution in [0.1, 0.15) is 20.3 Å². The quantitative estimate of drug-likeness (QED) is 0.859. The average molecular weight is 336 g/mol. The summed E-state index contributed by atoms with van der Waals surface area (Å²) in [5.41, 5.74) is 1.77. The number of hydrogen-bond donors (Lipinski definition) is 2.